The van der Waals surface area contributed by atoms with Crippen LogP contribution in [0.3, 0.4) is 0 Å². The molecule has 198 valence electrons. The molecule has 1 saturated carbocycles. The zero-order valence-corrected chi connectivity index (χ0v) is 20.7. The molecule has 6 atom stereocenters. The number of imide groups is 1. The third-order valence-electron chi connectivity index (χ3n) is 7.46. The molecule has 3 N–H and O–H groups in total. The van der Waals surface area contributed by atoms with E-state index >= 15 is 0 Å². The van der Waals surface area contributed by atoms with Gasteiger partial charge in [0.1, 0.15) is 18.1 Å². The van der Waals surface area contributed by atoms with Crippen LogP contribution in [0.2, 0.25) is 0 Å². The SMILES string of the molecule is CC(C)(C)C(NC(=O)C(F)(F)F)C(=O)N1C[C@H]2[C@@H]([C@H]1C(=O)NC(C#N)C[C@@H]1CC(=O)NC1=O)C2(C)C. The Labute approximate surface area is 206 Å². The van der Waals surface area contributed by atoms with Gasteiger partial charge >= 0.3 is 12.1 Å². The number of hydrogen-bond donors (Lipinski definition) is 3. The van der Waals surface area contributed by atoms with Crippen molar-refractivity contribution in [3.8, 4) is 6.07 Å². The molecule has 3 rings (SSSR count). The predicted octanol–water partition coefficient (Wildman–Crippen LogP) is 0.624. The number of likely N-dealkylation sites (tertiary alicyclic amines) is 1. The molecular formula is C23H30F3N5O5. The van der Waals surface area contributed by atoms with E-state index in [0.717, 1.165) is 0 Å². The monoisotopic (exact) mass is 513 g/mol. The zero-order chi connectivity index (χ0) is 27.4. The maximum Gasteiger partial charge on any atom is 0.471 e. The number of nitrogens with zero attached hydrogens (tertiary/aromatic N) is 2. The van der Waals surface area contributed by atoms with E-state index in [1.165, 1.54) is 25.7 Å². The molecule has 2 heterocycles. The molecule has 10 nitrogen and oxygen atoms in total. The number of hydrogen-bond acceptors (Lipinski definition) is 6. The number of carbonyl (C=O) groups is 5. The number of piperidine rings is 1. The van der Waals surface area contributed by atoms with E-state index in [1.54, 1.807) is 5.32 Å². The second kappa shape index (κ2) is 9.05. The van der Waals surface area contributed by atoms with E-state index in [0.29, 0.717) is 0 Å². The van der Waals surface area contributed by atoms with Gasteiger partial charge in [0.2, 0.25) is 23.6 Å². The van der Waals surface area contributed by atoms with Gasteiger partial charge in [0.25, 0.3) is 0 Å². The van der Waals surface area contributed by atoms with E-state index < -0.39 is 65.2 Å². The van der Waals surface area contributed by atoms with E-state index in [1.807, 2.05) is 19.9 Å². The van der Waals surface area contributed by atoms with Crippen molar-refractivity contribution in [1.82, 2.24) is 20.9 Å². The summed E-state index contributed by atoms with van der Waals surface area (Å²) in [5.74, 6) is -5.93. The van der Waals surface area contributed by atoms with Crippen LogP contribution in [-0.2, 0) is 24.0 Å². The summed E-state index contributed by atoms with van der Waals surface area (Å²) in [4.78, 5) is 62.9. The molecule has 3 fully saturated rings. The van der Waals surface area contributed by atoms with Gasteiger partial charge in [0.15, 0.2) is 0 Å². The first-order valence-electron chi connectivity index (χ1n) is 11.6. The van der Waals surface area contributed by atoms with Gasteiger partial charge in [-0.05, 0) is 29.1 Å². The Bertz CT molecular complexity index is 1030. The lowest BCUT2D eigenvalue weighted by Gasteiger charge is -2.37. The maximum absolute atomic E-state index is 13.5. The van der Waals surface area contributed by atoms with Gasteiger partial charge in [-0.15, -0.1) is 0 Å². The molecule has 0 bridgehead atoms. The molecule has 2 aliphatic heterocycles. The number of nitrogens with one attached hydrogen (secondary N) is 3. The lowest BCUT2D eigenvalue weighted by Crippen LogP contribution is -2.61. The van der Waals surface area contributed by atoms with Crippen molar-refractivity contribution in [3.05, 3.63) is 0 Å². The van der Waals surface area contributed by atoms with E-state index in [4.69, 9.17) is 0 Å². The minimum atomic E-state index is -5.19. The fraction of sp³-hybridized carbons (Fsp3) is 0.739. The summed E-state index contributed by atoms with van der Waals surface area (Å²) in [6.45, 7) is 8.44. The smallest absolute Gasteiger partial charge is 0.339 e. The molecule has 0 aromatic rings. The molecule has 0 radical (unpaired) electrons. The number of fused-ring (bicyclic) bond motifs is 1. The Morgan fingerprint density at radius 1 is 1.19 bits per heavy atom. The highest BCUT2D eigenvalue weighted by Gasteiger charge is 2.70. The minimum absolute atomic E-state index is 0.0881. The van der Waals surface area contributed by atoms with Gasteiger partial charge in [-0.2, -0.15) is 18.4 Å². The lowest BCUT2D eigenvalue weighted by atomic mass is 9.85. The first-order valence-corrected chi connectivity index (χ1v) is 11.6. The fourth-order valence-electron chi connectivity index (χ4n) is 5.32. The molecule has 5 amide bonds. The van der Waals surface area contributed by atoms with Gasteiger partial charge in [0.05, 0.1) is 12.0 Å². The number of nitriles is 1. The Morgan fingerprint density at radius 3 is 2.28 bits per heavy atom. The van der Waals surface area contributed by atoms with Crippen molar-refractivity contribution in [2.75, 3.05) is 6.54 Å². The predicted molar refractivity (Wildman–Crippen MR) is 117 cm³/mol. The summed E-state index contributed by atoms with van der Waals surface area (Å²) >= 11 is 0. The van der Waals surface area contributed by atoms with Crippen LogP contribution in [0.4, 0.5) is 13.2 Å². The standard InChI is InChI=1S/C23H30F3N5O5/c1-21(2,3)16(30-20(36)23(24,25)26)19(35)31-9-12-14(22(12,4)5)15(31)18(34)28-11(8-27)6-10-7-13(32)29-17(10)33/h10-12,14-16H,6-7,9H2,1-5H3,(H,28,34)(H,30,36)(H,29,32,33)/t10-,11?,12+,14+,15+,16?/m1/s1. The number of rotatable bonds is 6. The van der Waals surface area contributed by atoms with Crippen LogP contribution >= 0.6 is 0 Å². The summed E-state index contributed by atoms with van der Waals surface area (Å²) < 4.78 is 38.8. The van der Waals surface area contributed by atoms with Crippen molar-refractivity contribution in [2.24, 2.45) is 28.6 Å². The minimum Gasteiger partial charge on any atom is -0.339 e. The van der Waals surface area contributed by atoms with Gasteiger partial charge in [-0.1, -0.05) is 34.6 Å². The Balaban J connectivity index is 1.81. The van der Waals surface area contributed by atoms with E-state index in [-0.39, 0.29) is 36.6 Å². The zero-order valence-electron chi connectivity index (χ0n) is 20.7. The fourth-order valence-corrected chi connectivity index (χ4v) is 5.32. The summed E-state index contributed by atoms with van der Waals surface area (Å²) in [5.41, 5.74) is -1.41. The van der Waals surface area contributed by atoms with Gasteiger partial charge in [-0.3, -0.25) is 29.3 Å². The number of halogens is 3. The molecule has 2 saturated heterocycles. The second-order valence-corrected chi connectivity index (χ2v) is 11.4. The van der Waals surface area contributed by atoms with Crippen LogP contribution < -0.4 is 16.0 Å². The van der Waals surface area contributed by atoms with Crippen LogP contribution in [0.15, 0.2) is 0 Å². The second-order valence-electron chi connectivity index (χ2n) is 11.4. The Morgan fingerprint density at radius 2 is 1.81 bits per heavy atom. The molecule has 1 aliphatic carbocycles. The summed E-state index contributed by atoms with van der Waals surface area (Å²) in [6, 6.07) is -1.85. The molecule has 13 heteroatoms. The van der Waals surface area contributed by atoms with Crippen molar-refractivity contribution in [1.29, 1.82) is 5.26 Å². The molecule has 0 aromatic carbocycles. The van der Waals surface area contributed by atoms with Crippen LogP contribution in [0.5, 0.6) is 0 Å². The van der Waals surface area contributed by atoms with Crippen molar-refractivity contribution in [2.45, 2.75) is 71.8 Å². The topological polar surface area (TPSA) is 148 Å². The van der Waals surface area contributed by atoms with Crippen LogP contribution in [0.1, 0.15) is 47.5 Å². The van der Waals surface area contributed by atoms with Gasteiger partial charge in [-0.25, -0.2) is 0 Å². The highest BCUT2D eigenvalue weighted by molar-refractivity contribution is 6.03. The summed E-state index contributed by atoms with van der Waals surface area (Å²) in [7, 11) is 0. The third kappa shape index (κ3) is 5.17. The van der Waals surface area contributed by atoms with Crippen LogP contribution in [0.25, 0.3) is 0 Å². The summed E-state index contributed by atoms with van der Waals surface area (Å²) in [5, 5.41) is 16.0. The van der Waals surface area contributed by atoms with Crippen molar-refractivity contribution < 1.29 is 37.1 Å². The van der Waals surface area contributed by atoms with Crippen molar-refractivity contribution >= 4 is 29.5 Å². The number of amides is 5. The molecule has 0 spiro atoms. The highest BCUT2D eigenvalue weighted by atomic mass is 19.4. The quantitative estimate of drug-likeness (QED) is 0.444. The first-order chi connectivity index (χ1) is 16.4. The molecule has 3 aliphatic rings. The Kier molecular flexibility index (Phi) is 6.89. The Hall–Kier alpha value is -3.17. The molecule has 2 unspecified atom stereocenters. The summed E-state index contributed by atoms with van der Waals surface area (Å²) in [6.07, 6.45) is -5.40. The van der Waals surface area contributed by atoms with E-state index in [2.05, 4.69) is 10.6 Å². The first kappa shape index (κ1) is 27.4. The number of carbonyl (C=O) groups excluding carboxylic acids is 5. The molecule has 36 heavy (non-hydrogen) atoms. The molecule has 0 aromatic heterocycles. The van der Waals surface area contributed by atoms with Crippen LogP contribution in [-0.4, -0.2) is 65.3 Å². The largest absolute Gasteiger partial charge is 0.471 e. The van der Waals surface area contributed by atoms with E-state index in [9.17, 15) is 42.4 Å². The lowest BCUT2D eigenvalue weighted by molar-refractivity contribution is -0.176. The third-order valence-corrected chi connectivity index (χ3v) is 7.46. The van der Waals surface area contributed by atoms with Crippen molar-refractivity contribution in [3.63, 3.8) is 0 Å². The molecular weight excluding hydrogens is 483 g/mol. The average molecular weight is 514 g/mol. The number of alkyl halides is 3. The maximum atomic E-state index is 13.5. The average Bonchev–Trinajstić information content (AvgIpc) is 3.06. The van der Waals surface area contributed by atoms with Crippen LogP contribution in [0, 0.1) is 39.9 Å². The normalized spacial score (nSPS) is 28.5. The highest BCUT2D eigenvalue weighted by Crippen LogP contribution is 2.65. The van der Waals surface area contributed by atoms with Gasteiger partial charge in [0, 0.05) is 13.0 Å². The van der Waals surface area contributed by atoms with Gasteiger partial charge < -0.3 is 15.5 Å².